The normalized spacial score (nSPS) is 13.5. The fraction of sp³-hybridized carbons (Fsp3) is 0.333. The van der Waals surface area contributed by atoms with Gasteiger partial charge in [0.05, 0.1) is 55.6 Å². The summed E-state index contributed by atoms with van der Waals surface area (Å²) in [5.74, 6) is 0.00404. The van der Waals surface area contributed by atoms with Gasteiger partial charge in [-0.05, 0) is 108 Å². The smallest absolute Gasteiger partial charge is 0.361 e. The molecule has 0 atom stereocenters. The summed E-state index contributed by atoms with van der Waals surface area (Å²) < 4.78 is 81.3. The quantitative estimate of drug-likeness (QED) is 0.0833. The number of hydrogen-bond donors (Lipinski definition) is 3. The van der Waals surface area contributed by atoms with Gasteiger partial charge in [0.15, 0.2) is 0 Å². The van der Waals surface area contributed by atoms with Gasteiger partial charge in [0.1, 0.15) is 17.2 Å². The molecule has 0 radical (unpaired) electrons. The monoisotopic (exact) mass is 996 g/mol. The van der Waals surface area contributed by atoms with Gasteiger partial charge in [-0.25, -0.2) is 0 Å². The highest BCUT2D eigenvalue weighted by Gasteiger charge is 2.37. The van der Waals surface area contributed by atoms with E-state index in [0.717, 1.165) is 0 Å². The van der Waals surface area contributed by atoms with E-state index in [1.807, 2.05) is 72.8 Å². The molecular formula is C54H63O12P3. The molecule has 0 spiro atoms. The molecule has 69 heavy (non-hydrogen) atoms. The second-order valence-electron chi connectivity index (χ2n) is 16.6. The molecule has 366 valence electrons. The van der Waals surface area contributed by atoms with Crippen LogP contribution in [0.4, 0.5) is 0 Å². The molecule has 6 aromatic rings. The topological polar surface area (TPSA) is 167 Å². The number of rotatable bonds is 15. The van der Waals surface area contributed by atoms with Gasteiger partial charge in [-0.3, -0.25) is 13.7 Å². The summed E-state index contributed by atoms with van der Waals surface area (Å²) in [5.41, 5.74) is 6.82. The van der Waals surface area contributed by atoms with Crippen molar-refractivity contribution < 1.29 is 56.2 Å². The maximum Gasteiger partial charge on any atom is 0.361 e. The highest BCUT2D eigenvalue weighted by molar-refractivity contribution is 7.63. The van der Waals surface area contributed by atoms with E-state index >= 15 is 13.7 Å². The van der Waals surface area contributed by atoms with E-state index in [4.69, 9.17) is 27.1 Å². The third-order valence-corrected chi connectivity index (χ3v) is 19.1. The van der Waals surface area contributed by atoms with Crippen LogP contribution in [0.5, 0.6) is 17.2 Å². The molecule has 0 aromatic heterocycles. The minimum atomic E-state index is -4.00. The summed E-state index contributed by atoms with van der Waals surface area (Å²) in [4.78, 5) is 0. The van der Waals surface area contributed by atoms with Crippen LogP contribution in [0.25, 0.3) is 0 Å². The van der Waals surface area contributed by atoms with Crippen molar-refractivity contribution in [2.45, 2.75) is 80.1 Å². The number of phenols is 3. The number of benzene rings is 6. The Morgan fingerprint density at radius 2 is 0.449 bits per heavy atom. The molecule has 0 amide bonds. The second-order valence-corrected chi connectivity index (χ2v) is 22.5. The molecule has 12 nitrogen and oxygen atoms in total. The number of aromatic hydroxyl groups is 3. The Bertz CT molecular complexity index is 2460. The Balaban J connectivity index is 1.52. The highest BCUT2D eigenvalue weighted by Crippen LogP contribution is 2.52. The molecule has 7 rings (SSSR count). The molecule has 0 heterocycles. The maximum absolute atomic E-state index is 15.0. The lowest BCUT2D eigenvalue weighted by molar-refractivity contribution is 0.228. The first-order valence-corrected chi connectivity index (χ1v) is 28.3. The third kappa shape index (κ3) is 11.2. The minimum Gasteiger partial charge on any atom is -0.507 e. The van der Waals surface area contributed by atoms with Gasteiger partial charge < -0.3 is 42.5 Å². The molecule has 0 unspecified atom stereocenters. The number of para-hydroxylation sites is 3. The van der Waals surface area contributed by atoms with Gasteiger partial charge in [-0.1, -0.05) is 109 Å². The molecule has 0 aliphatic heterocycles. The van der Waals surface area contributed by atoms with Crippen molar-refractivity contribution in [2.75, 3.05) is 39.6 Å². The van der Waals surface area contributed by atoms with E-state index in [2.05, 4.69) is 0 Å². The molecule has 6 aromatic carbocycles. The van der Waals surface area contributed by atoms with Gasteiger partial charge in [0.25, 0.3) is 0 Å². The summed E-state index contributed by atoms with van der Waals surface area (Å²) in [7, 11) is -12.0. The largest absolute Gasteiger partial charge is 0.507 e. The maximum atomic E-state index is 15.0. The molecule has 0 saturated heterocycles. The lowest BCUT2D eigenvalue weighted by atomic mass is 9.92. The second kappa shape index (κ2) is 22.9. The fourth-order valence-electron chi connectivity index (χ4n) is 9.38. The molecule has 12 bridgehead atoms. The fourth-order valence-corrected chi connectivity index (χ4v) is 15.5. The SMILES string of the molecule is CCOP(=O)(OCC)c1c2cccc1Cc1cccc(c1O)Cc1cccc(c1P(=O)(OCC)OCC)Cc1cccc(c1O)Cc1cccc(c1P(=O)(OCC)OCC)Cc1cccc(c1O)C2. The van der Waals surface area contributed by atoms with Crippen molar-refractivity contribution in [3.63, 3.8) is 0 Å². The molecule has 3 N–H and O–H groups in total. The number of phenolic OH excluding ortho intramolecular Hbond substituents is 3. The Morgan fingerprint density at radius 3 is 0.594 bits per heavy atom. The van der Waals surface area contributed by atoms with Crippen LogP contribution in [0.15, 0.2) is 109 Å². The lowest BCUT2D eigenvalue weighted by Crippen LogP contribution is -2.22. The Hall–Kier alpha value is -4.83. The average molecular weight is 997 g/mol. The standard InChI is InChI=1S/C54H63O12P3/c1-7-61-67(58,62-8-2)52-43-25-16-26-44(52)32-38-20-14-22-40(50(38)56)34-46-28-18-30-48(54(46)69(60,65-11-5)66-12-6)36-42-24-15-23-41(51(42)57)35-47-29-17-27-45(53(47)68(59,63-9-3)64-10-4)33-39-21-13-19-37(31-43)49(39)55/h13-30,55-57H,7-12,31-36H2,1-6H3. The zero-order valence-electron chi connectivity index (χ0n) is 40.2. The summed E-state index contributed by atoms with van der Waals surface area (Å²) in [6, 6.07) is 32.9. The van der Waals surface area contributed by atoms with Crippen molar-refractivity contribution in [1.82, 2.24) is 0 Å². The molecule has 0 fully saturated rings. The van der Waals surface area contributed by atoms with Crippen molar-refractivity contribution in [3.8, 4) is 17.2 Å². The van der Waals surface area contributed by atoms with E-state index in [1.54, 1.807) is 77.9 Å². The molecule has 0 saturated carbocycles. The molecular weight excluding hydrogens is 934 g/mol. The minimum absolute atomic E-state index is 0.00135. The summed E-state index contributed by atoms with van der Waals surface area (Å²) >= 11 is 0. The van der Waals surface area contributed by atoms with Crippen molar-refractivity contribution in [1.29, 1.82) is 0 Å². The zero-order chi connectivity index (χ0) is 49.3. The summed E-state index contributed by atoms with van der Waals surface area (Å²) in [6.07, 6.45) is 0.814. The van der Waals surface area contributed by atoms with E-state index in [9.17, 15) is 15.3 Å². The Labute approximate surface area is 406 Å². The zero-order valence-corrected chi connectivity index (χ0v) is 42.9. The van der Waals surface area contributed by atoms with Gasteiger partial charge in [-0.2, -0.15) is 0 Å². The first-order valence-electron chi connectivity index (χ1n) is 23.7. The van der Waals surface area contributed by atoms with Crippen LogP contribution in [0.3, 0.4) is 0 Å². The van der Waals surface area contributed by atoms with Crippen LogP contribution in [-0.4, -0.2) is 55.0 Å². The van der Waals surface area contributed by atoms with E-state index in [-0.39, 0.29) is 95.4 Å². The summed E-state index contributed by atoms with van der Waals surface area (Å²) in [5, 5.41) is 37.5. The number of hydrogen-bond acceptors (Lipinski definition) is 12. The first kappa shape index (κ1) is 52.0. The summed E-state index contributed by atoms with van der Waals surface area (Å²) in [6.45, 7) is 11.1. The van der Waals surface area contributed by atoms with Gasteiger partial charge in [-0.15, -0.1) is 0 Å². The van der Waals surface area contributed by atoms with Gasteiger partial charge >= 0.3 is 22.8 Å². The van der Waals surface area contributed by atoms with Crippen LogP contribution >= 0.6 is 22.8 Å². The molecule has 1 aliphatic rings. The highest BCUT2D eigenvalue weighted by atomic mass is 31.2. The number of fused-ring (bicyclic) bond motifs is 12. The van der Waals surface area contributed by atoms with Crippen LogP contribution in [0.2, 0.25) is 0 Å². The first-order chi connectivity index (χ1) is 33.3. The van der Waals surface area contributed by atoms with Crippen molar-refractivity contribution >= 4 is 38.7 Å². The lowest BCUT2D eigenvalue weighted by Gasteiger charge is -2.25. The Morgan fingerprint density at radius 1 is 0.304 bits per heavy atom. The third-order valence-electron chi connectivity index (χ3n) is 12.1. The predicted molar refractivity (Wildman–Crippen MR) is 272 cm³/mol. The van der Waals surface area contributed by atoms with Crippen LogP contribution in [0.1, 0.15) is 108 Å². The van der Waals surface area contributed by atoms with Crippen LogP contribution < -0.4 is 15.9 Å². The van der Waals surface area contributed by atoms with E-state index < -0.39 is 22.8 Å². The van der Waals surface area contributed by atoms with E-state index in [1.165, 1.54) is 0 Å². The average Bonchev–Trinajstić information content (AvgIpc) is 3.30. The van der Waals surface area contributed by atoms with Gasteiger partial charge in [0, 0.05) is 38.5 Å². The van der Waals surface area contributed by atoms with Gasteiger partial charge in [0.2, 0.25) is 0 Å². The molecule has 15 heteroatoms. The van der Waals surface area contributed by atoms with Crippen LogP contribution in [0, 0.1) is 0 Å². The van der Waals surface area contributed by atoms with Crippen molar-refractivity contribution in [3.05, 3.63) is 176 Å². The predicted octanol–water partition coefficient (Wildman–Crippen LogP) is 11.3. The molecule has 1 aliphatic carbocycles. The Kier molecular flexibility index (Phi) is 17.3. The van der Waals surface area contributed by atoms with Crippen LogP contribution in [-0.2, 0) is 79.4 Å². The van der Waals surface area contributed by atoms with E-state index in [0.29, 0.717) is 82.7 Å². The van der Waals surface area contributed by atoms with Crippen molar-refractivity contribution in [2.24, 2.45) is 0 Å².